The molecule has 4 heteroatoms. The minimum absolute atomic E-state index is 0.224. The molecule has 0 amide bonds. The Hall–Kier alpha value is -2.88. The normalized spacial score (nSPS) is 11.0. The number of aromatic nitrogens is 2. The summed E-state index contributed by atoms with van der Waals surface area (Å²) >= 11 is 0. The molecule has 20 heavy (non-hydrogen) atoms. The van der Waals surface area contributed by atoms with E-state index in [0.29, 0.717) is 5.56 Å². The van der Waals surface area contributed by atoms with Crippen molar-refractivity contribution >= 4 is 11.9 Å². The molecule has 0 fully saturated rings. The van der Waals surface area contributed by atoms with E-state index in [1.165, 1.54) is 0 Å². The van der Waals surface area contributed by atoms with Crippen LogP contribution < -0.4 is 0 Å². The van der Waals surface area contributed by atoms with Crippen molar-refractivity contribution in [2.24, 2.45) is 4.99 Å². The van der Waals surface area contributed by atoms with Gasteiger partial charge in [0.25, 0.3) is 0 Å². The van der Waals surface area contributed by atoms with Crippen molar-refractivity contribution in [1.82, 2.24) is 9.55 Å². The largest absolute Gasteiger partial charge is 0.507 e. The van der Waals surface area contributed by atoms with Crippen molar-refractivity contribution in [2.45, 2.75) is 0 Å². The smallest absolute Gasteiger partial charge is 0.124 e. The van der Waals surface area contributed by atoms with Gasteiger partial charge < -0.3 is 9.67 Å². The molecule has 98 valence electrons. The van der Waals surface area contributed by atoms with Gasteiger partial charge >= 0.3 is 0 Å². The maximum atomic E-state index is 9.69. The monoisotopic (exact) mass is 263 g/mol. The molecular formula is C16H13N3O. The number of benzene rings is 2. The van der Waals surface area contributed by atoms with Gasteiger partial charge in [-0.2, -0.15) is 0 Å². The van der Waals surface area contributed by atoms with Crippen LogP contribution in [-0.4, -0.2) is 20.9 Å². The van der Waals surface area contributed by atoms with Gasteiger partial charge in [0, 0.05) is 29.9 Å². The summed E-state index contributed by atoms with van der Waals surface area (Å²) < 4.78 is 1.92. The first kappa shape index (κ1) is 12.2. The topological polar surface area (TPSA) is 50.4 Å². The van der Waals surface area contributed by atoms with E-state index in [1.807, 2.05) is 47.2 Å². The SMILES string of the molecule is Oc1ccccc1C=Nc1cccc(-n2ccnc2)c1. The lowest BCUT2D eigenvalue weighted by Gasteiger charge is -2.02. The highest BCUT2D eigenvalue weighted by molar-refractivity contribution is 5.85. The third-order valence-electron chi connectivity index (χ3n) is 2.92. The summed E-state index contributed by atoms with van der Waals surface area (Å²) in [6.07, 6.45) is 7.01. The van der Waals surface area contributed by atoms with Crippen molar-refractivity contribution in [2.75, 3.05) is 0 Å². The van der Waals surface area contributed by atoms with E-state index in [1.54, 1.807) is 30.9 Å². The number of phenols is 1. The van der Waals surface area contributed by atoms with Crippen LogP contribution in [-0.2, 0) is 0 Å². The molecule has 1 N–H and O–H groups in total. The van der Waals surface area contributed by atoms with Crippen LogP contribution in [0.1, 0.15) is 5.56 Å². The molecule has 0 bridgehead atoms. The molecule has 0 aliphatic rings. The maximum absolute atomic E-state index is 9.69. The molecule has 3 rings (SSSR count). The highest BCUT2D eigenvalue weighted by Gasteiger charge is 1.98. The molecule has 0 atom stereocenters. The van der Waals surface area contributed by atoms with Gasteiger partial charge in [0.1, 0.15) is 5.75 Å². The van der Waals surface area contributed by atoms with Crippen LogP contribution in [0, 0.1) is 0 Å². The number of hydrogen-bond acceptors (Lipinski definition) is 3. The maximum Gasteiger partial charge on any atom is 0.124 e. The van der Waals surface area contributed by atoms with E-state index < -0.39 is 0 Å². The van der Waals surface area contributed by atoms with Gasteiger partial charge in [-0.05, 0) is 30.3 Å². The number of rotatable bonds is 3. The molecule has 4 nitrogen and oxygen atoms in total. The lowest BCUT2D eigenvalue weighted by atomic mass is 10.2. The minimum atomic E-state index is 0.224. The number of aliphatic imine (C=N–C) groups is 1. The summed E-state index contributed by atoms with van der Waals surface area (Å²) in [6.45, 7) is 0. The second-order valence-corrected chi connectivity index (χ2v) is 4.31. The third-order valence-corrected chi connectivity index (χ3v) is 2.92. The second kappa shape index (κ2) is 5.40. The molecule has 0 radical (unpaired) electrons. The summed E-state index contributed by atoms with van der Waals surface area (Å²) in [7, 11) is 0. The first-order valence-electron chi connectivity index (χ1n) is 6.23. The Morgan fingerprint density at radius 1 is 1.10 bits per heavy atom. The van der Waals surface area contributed by atoms with E-state index in [-0.39, 0.29) is 5.75 Å². The average Bonchev–Trinajstić information content (AvgIpc) is 3.01. The van der Waals surface area contributed by atoms with Gasteiger partial charge in [0.05, 0.1) is 12.0 Å². The molecule has 1 heterocycles. The van der Waals surface area contributed by atoms with E-state index in [0.717, 1.165) is 11.4 Å². The van der Waals surface area contributed by atoms with Crippen LogP contribution in [0.3, 0.4) is 0 Å². The van der Waals surface area contributed by atoms with E-state index >= 15 is 0 Å². The van der Waals surface area contributed by atoms with Crippen LogP contribution in [0.4, 0.5) is 5.69 Å². The van der Waals surface area contributed by atoms with Crippen molar-refractivity contribution < 1.29 is 5.11 Å². The number of aromatic hydroxyl groups is 1. The van der Waals surface area contributed by atoms with Gasteiger partial charge in [-0.15, -0.1) is 0 Å². The summed E-state index contributed by atoms with van der Waals surface area (Å²) in [5.41, 5.74) is 2.51. The van der Waals surface area contributed by atoms with Gasteiger partial charge in [-0.3, -0.25) is 4.99 Å². The fraction of sp³-hybridized carbons (Fsp3) is 0. The zero-order valence-electron chi connectivity index (χ0n) is 10.7. The Labute approximate surface area is 116 Å². The fourth-order valence-corrected chi connectivity index (χ4v) is 1.89. The molecule has 3 aromatic rings. The average molecular weight is 263 g/mol. The number of nitrogens with zero attached hydrogens (tertiary/aromatic N) is 3. The van der Waals surface area contributed by atoms with E-state index in [9.17, 15) is 5.11 Å². The predicted molar refractivity (Wildman–Crippen MR) is 78.9 cm³/mol. The predicted octanol–water partition coefficient (Wildman–Crippen LogP) is 3.33. The molecule has 0 spiro atoms. The molecule has 0 aliphatic heterocycles. The first-order chi connectivity index (χ1) is 9.83. The zero-order chi connectivity index (χ0) is 13.8. The van der Waals surface area contributed by atoms with Gasteiger partial charge in [-0.25, -0.2) is 4.98 Å². The van der Waals surface area contributed by atoms with E-state index in [2.05, 4.69) is 9.98 Å². The molecule has 2 aromatic carbocycles. The molecule has 0 saturated heterocycles. The minimum Gasteiger partial charge on any atom is -0.507 e. The lowest BCUT2D eigenvalue weighted by molar-refractivity contribution is 0.474. The number of hydrogen-bond donors (Lipinski definition) is 1. The van der Waals surface area contributed by atoms with E-state index in [4.69, 9.17) is 0 Å². The van der Waals surface area contributed by atoms with Crippen LogP contribution in [0.5, 0.6) is 5.75 Å². The number of para-hydroxylation sites is 1. The molecule has 0 saturated carbocycles. The Morgan fingerprint density at radius 2 is 2.00 bits per heavy atom. The van der Waals surface area contributed by atoms with Crippen LogP contribution in [0.25, 0.3) is 5.69 Å². The van der Waals surface area contributed by atoms with Crippen molar-refractivity contribution in [3.05, 3.63) is 72.8 Å². The Balaban J connectivity index is 1.89. The second-order valence-electron chi connectivity index (χ2n) is 4.31. The van der Waals surface area contributed by atoms with Crippen LogP contribution >= 0.6 is 0 Å². The Bertz CT molecular complexity index is 733. The van der Waals surface area contributed by atoms with Gasteiger partial charge in [-0.1, -0.05) is 18.2 Å². The van der Waals surface area contributed by atoms with Gasteiger partial charge in [0.15, 0.2) is 0 Å². The van der Waals surface area contributed by atoms with Crippen LogP contribution in [0.2, 0.25) is 0 Å². The highest BCUT2D eigenvalue weighted by atomic mass is 16.3. The number of phenolic OH excluding ortho intramolecular Hbond substituents is 1. The van der Waals surface area contributed by atoms with Gasteiger partial charge in [0.2, 0.25) is 0 Å². The summed E-state index contributed by atoms with van der Waals surface area (Å²) in [6, 6.07) is 14.9. The first-order valence-corrected chi connectivity index (χ1v) is 6.23. The highest BCUT2D eigenvalue weighted by Crippen LogP contribution is 2.19. The molecule has 0 unspecified atom stereocenters. The van der Waals surface area contributed by atoms with Crippen molar-refractivity contribution in [3.8, 4) is 11.4 Å². The Kier molecular flexibility index (Phi) is 3.29. The summed E-state index contributed by atoms with van der Waals surface area (Å²) in [5, 5.41) is 9.69. The lowest BCUT2D eigenvalue weighted by Crippen LogP contribution is -1.88. The number of imidazole rings is 1. The summed E-state index contributed by atoms with van der Waals surface area (Å²) in [4.78, 5) is 8.41. The van der Waals surface area contributed by atoms with Crippen molar-refractivity contribution in [3.63, 3.8) is 0 Å². The third kappa shape index (κ3) is 2.59. The Morgan fingerprint density at radius 3 is 2.80 bits per heavy atom. The zero-order valence-corrected chi connectivity index (χ0v) is 10.7. The molecule has 1 aromatic heterocycles. The standard InChI is InChI=1S/C16H13N3O/c20-16-7-2-1-4-13(16)11-18-14-5-3-6-15(10-14)19-9-8-17-12-19/h1-12,20H. The summed E-state index contributed by atoms with van der Waals surface area (Å²) in [5.74, 6) is 0.224. The quantitative estimate of drug-likeness (QED) is 0.737. The van der Waals surface area contributed by atoms with Crippen molar-refractivity contribution in [1.29, 1.82) is 0 Å². The molecule has 0 aliphatic carbocycles. The molecular weight excluding hydrogens is 250 g/mol. The fourth-order valence-electron chi connectivity index (χ4n) is 1.89. The van der Waals surface area contributed by atoms with Crippen LogP contribution in [0.15, 0.2) is 72.2 Å².